The lowest BCUT2D eigenvalue weighted by Gasteiger charge is -2.31. The highest BCUT2D eigenvalue weighted by molar-refractivity contribution is 5.72. The van der Waals surface area contributed by atoms with Gasteiger partial charge in [0, 0.05) is 19.3 Å². The number of nitrogens with zero attached hydrogens (tertiary/aromatic N) is 1. The Kier molecular flexibility index (Phi) is 37.0. The van der Waals surface area contributed by atoms with Gasteiger partial charge in [0.15, 0.2) is 12.1 Å². The number of quaternary nitrogens is 1. The summed E-state index contributed by atoms with van der Waals surface area (Å²) < 4.78 is 17.2. The van der Waals surface area contributed by atoms with Gasteiger partial charge in [0.2, 0.25) is 0 Å². The van der Waals surface area contributed by atoms with E-state index in [9.17, 15) is 19.5 Å². The van der Waals surface area contributed by atoms with Gasteiger partial charge in [-0.1, -0.05) is 155 Å². The lowest BCUT2D eigenvalue weighted by atomic mass is 10.1. The van der Waals surface area contributed by atoms with E-state index >= 15 is 0 Å². The second-order valence-electron chi connectivity index (χ2n) is 15.3. The number of rotatable bonds is 37. The average Bonchev–Trinajstić information content (AvgIpc) is 3.18. The minimum absolute atomic E-state index is 0.0314. The maximum Gasteiger partial charge on any atom is 0.362 e. The van der Waals surface area contributed by atoms with Crippen molar-refractivity contribution in [3.63, 3.8) is 0 Å². The Balaban J connectivity index is 4.49. The Morgan fingerprint density at radius 1 is 0.552 bits per heavy atom. The number of carbonyl (C=O) groups is 3. The van der Waals surface area contributed by atoms with Gasteiger partial charge in [-0.2, -0.15) is 0 Å². The molecular weight excluding hydrogens is 727 g/mol. The smallest absolute Gasteiger partial charge is 0.362 e. The third-order valence-electron chi connectivity index (χ3n) is 9.02. The van der Waals surface area contributed by atoms with E-state index in [1.165, 1.54) is 6.42 Å². The summed E-state index contributed by atoms with van der Waals surface area (Å²) in [5.41, 5.74) is 0. The first-order valence-electron chi connectivity index (χ1n) is 22.0. The predicted molar refractivity (Wildman–Crippen MR) is 242 cm³/mol. The summed E-state index contributed by atoms with van der Waals surface area (Å²) in [6.07, 6.45) is 54.1. The summed E-state index contributed by atoms with van der Waals surface area (Å²) in [5, 5.41) is 9.62. The van der Waals surface area contributed by atoms with Crippen LogP contribution in [0, 0.1) is 0 Å². The Labute approximate surface area is 353 Å². The van der Waals surface area contributed by atoms with Crippen LogP contribution in [0.5, 0.6) is 0 Å². The lowest BCUT2D eigenvalue weighted by Crippen LogP contribution is -2.50. The first-order valence-corrected chi connectivity index (χ1v) is 22.0. The summed E-state index contributed by atoms with van der Waals surface area (Å²) in [6, 6.07) is -0.632. The van der Waals surface area contributed by atoms with E-state index in [0.29, 0.717) is 19.3 Å². The molecule has 2 atom stereocenters. The molecule has 0 aromatic carbocycles. The third-order valence-corrected chi connectivity index (χ3v) is 9.02. The molecule has 0 fully saturated rings. The van der Waals surface area contributed by atoms with E-state index in [1.807, 2.05) is 57.6 Å². The van der Waals surface area contributed by atoms with Gasteiger partial charge in [0.25, 0.3) is 0 Å². The Hall–Kier alpha value is -4.01. The molecule has 8 heteroatoms. The highest BCUT2D eigenvalue weighted by Crippen LogP contribution is 2.12. The zero-order valence-electron chi connectivity index (χ0n) is 36.9. The van der Waals surface area contributed by atoms with Gasteiger partial charge >= 0.3 is 17.9 Å². The zero-order valence-corrected chi connectivity index (χ0v) is 36.9. The number of aliphatic carboxylic acids is 1. The normalized spacial score (nSPS) is 14.0. The molecule has 0 aliphatic heterocycles. The van der Waals surface area contributed by atoms with Crippen molar-refractivity contribution in [2.45, 2.75) is 148 Å². The second-order valence-corrected chi connectivity index (χ2v) is 15.3. The van der Waals surface area contributed by atoms with Crippen LogP contribution in [0.15, 0.2) is 109 Å². The molecule has 0 spiro atoms. The van der Waals surface area contributed by atoms with Gasteiger partial charge in [0.1, 0.15) is 6.61 Å². The van der Waals surface area contributed by atoms with Crippen molar-refractivity contribution in [2.75, 3.05) is 41.0 Å². The molecule has 58 heavy (non-hydrogen) atoms. The summed E-state index contributed by atoms with van der Waals surface area (Å²) in [4.78, 5) is 37.0. The van der Waals surface area contributed by atoms with Crippen LogP contribution >= 0.6 is 0 Å². The van der Waals surface area contributed by atoms with Gasteiger partial charge in [-0.25, -0.2) is 4.79 Å². The van der Waals surface area contributed by atoms with Crippen molar-refractivity contribution >= 4 is 17.9 Å². The van der Waals surface area contributed by atoms with Gasteiger partial charge < -0.3 is 23.8 Å². The van der Waals surface area contributed by atoms with Crippen LogP contribution in [0.25, 0.3) is 0 Å². The molecule has 0 heterocycles. The van der Waals surface area contributed by atoms with Crippen LogP contribution in [0.2, 0.25) is 0 Å². The summed E-state index contributed by atoms with van der Waals surface area (Å²) in [7, 11) is 5.49. The Bertz CT molecular complexity index is 1310. The predicted octanol–water partition coefficient (Wildman–Crippen LogP) is 12.1. The maximum absolute atomic E-state index is 12.7. The Morgan fingerprint density at radius 3 is 1.60 bits per heavy atom. The SMILES string of the molecule is CC/C=C/C/C=C/C/C=C/C/C=C/CCCCCC(=O)OC(COCCC(C(=O)O)[N+](C)(C)C)COC(=O)CCCCCCC/C=C/C=C/C=C/C=C/C=C/CCC. The minimum Gasteiger partial charge on any atom is -0.477 e. The lowest BCUT2D eigenvalue weighted by molar-refractivity contribution is -0.887. The molecule has 0 aromatic heterocycles. The molecule has 0 aromatic rings. The molecule has 0 saturated carbocycles. The van der Waals surface area contributed by atoms with Gasteiger partial charge in [-0.15, -0.1) is 0 Å². The fourth-order valence-corrected chi connectivity index (χ4v) is 5.64. The monoisotopic (exact) mass is 807 g/mol. The molecule has 0 aliphatic rings. The molecule has 0 amide bonds. The van der Waals surface area contributed by atoms with Crippen LogP contribution in [-0.2, 0) is 28.6 Å². The number of hydrogen-bond donors (Lipinski definition) is 1. The van der Waals surface area contributed by atoms with E-state index in [0.717, 1.165) is 89.9 Å². The number of allylic oxidation sites excluding steroid dienone is 18. The molecular formula is C50H80NO7+. The van der Waals surface area contributed by atoms with E-state index in [4.69, 9.17) is 14.2 Å². The number of esters is 2. The van der Waals surface area contributed by atoms with E-state index < -0.39 is 18.1 Å². The average molecular weight is 807 g/mol. The number of hydrogen-bond acceptors (Lipinski definition) is 6. The maximum atomic E-state index is 12.7. The standard InChI is InChI=1S/C50H79NO7/c1-6-8-10-12-14-16-18-20-22-24-25-27-28-30-32-34-36-38-40-48(52)57-45-46(44-56-43-42-47(50(54)55)51(3,4)5)58-49(53)41-39-37-35-33-31-29-26-23-21-19-17-15-13-11-9-7-2/h9-12,14-18,20-25,27,29,31,46-47H,6-8,13,19,26,28,30,32-45H2,1-5H3/p+1/b11-9+,12-10+,16-14+,17-15+,20-18+,23-21+,24-22+,27-25+,31-29+. The fraction of sp³-hybridized carbons (Fsp3) is 0.580. The summed E-state index contributed by atoms with van der Waals surface area (Å²) >= 11 is 0. The van der Waals surface area contributed by atoms with E-state index in [-0.39, 0.29) is 42.7 Å². The largest absolute Gasteiger partial charge is 0.477 e. The number of carboxylic acids is 1. The molecule has 326 valence electrons. The van der Waals surface area contributed by atoms with Crippen molar-refractivity contribution in [2.24, 2.45) is 0 Å². The van der Waals surface area contributed by atoms with Gasteiger partial charge in [-0.05, 0) is 70.6 Å². The van der Waals surface area contributed by atoms with Crippen LogP contribution < -0.4 is 0 Å². The Morgan fingerprint density at radius 2 is 1.03 bits per heavy atom. The van der Waals surface area contributed by atoms with Crippen LogP contribution in [0.1, 0.15) is 136 Å². The van der Waals surface area contributed by atoms with Crippen LogP contribution in [0.3, 0.4) is 0 Å². The highest BCUT2D eigenvalue weighted by Gasteiger charge is 2.31. The van der Waals surface area contributed by atoms with E-state index in [1.54, 1.807) is 0 Å². The van der Waals surface area contributed by atoms with Crippen LogP contribution in [0.4, 0.5) is 0 Å². The molecule has 8 nitrogen and oxygen atoms in total. The van der Waals surface area contributed by atoms with Gasteiger partial charge in [-0.3, -0.25) is 9.59 Å². The number of carbonyl (C=O) groups excluding carboxylic acids is 2. The van der Waals surface area contributed by atoms with Crippen LogP contribution in [-0.4, -0.2) is 80.6 Å². The van der Waals surface area contributed by atoms with Crippen molar-refractivity contribution in [3.05, 3.63) is 109 Å². The molecule has 0 rings (SSSR count). The first-order chi connectivity index (χ1) is 28.1. The number of carboxylic acid groups (broad SMARTS) is 1. The molecule has 2 unspecified atom stereocenters. The van der Waals surface area contributed by atoms with E-state index in [2.05, 4.69) is 86.8 Å². The highest BCUT2D eigenvalue weighted by atomic mass is 16.6. The topological polar surface area (TPSA) is 99.1 Å². The summed E-state index contributed by atoms with van der Waals surface area (Å²) in [6.45, 7) is 4.44. The zero-order chi connectivity index (χ0) is 42.8. The third kappa shape index (κ3) is 37.6. The van der Waals surface area contributed by atoms with Crippen molar-refractivity contribution in [3.8, 4) is 0 Å². The van der Waals surface area contributed by atoms with Crippen molar-refractivity contribution < 1.29 is 38.2 Å². The number of likely N-dealkylation sites (N-methyl/N-ethyl adjacent to an activating group) is 1. The quantitative estimate of drug-likeness (QED) is 0.0219. The molecule has 1 N–H and O–H groups in total. The second kappa shape index (κ2) is 39.8. The number of unbranched alkanes of at least 4 members (excludes halogenated alkanes) is 9. The van der Waals surface area contributed by atoms with Gasteiger partial charge in [0.05, 0.1) is 34.4 Å². The minimum atomic E-state index is -0.890. The summed E-state index contributed by atoms with van der Waals surface area (Å²) in [5.74, 6) is -1.56. The number of ether oxygens (including phenoxy) is 3. The molecule has 0 bridgehead atoms. The molecule has 0 aliphatic carbocycles. The molecule has 0 saturated heterocycles. The van der Waals surface area contributed by atoms with Crippen molar-refractivity contribution in [1.82, 2.24) is 0 Å². The molecule has 0 radical (unpaired) electrons. The van der Waals surface area contributed by atoms with Crippen molar-refractivity contribution in [1.29, 1.82) is 0 Å². The fourth-order valence-electron chi connectivity index (χ4n) is 5.64. The first kappa shape index (κ1) is 54.0.